The van der Waals surface area contributed by atoms with Gasteiger partial charge in [-0.3, -0.25) is 9.05 Å². The minimum atomic E-state index is -3.79. The summed E-state index contributed by atoms with van der Waals surface area (Å²) < 4.78 is 33.8. The Kier molecular flexibility index (Phi) is 18.2. The van der Waals surface area contributed by atoms with Crippen LogP contribution >= 0.6 is 7.82 Å². The predicted molar refractivity (Wildman–Crippen MR) is 217 cm³/mol. The zero-order chi connectivity index (χ0) is 37.0. The van der Waals surface area contributed by atoms with Crippen molar-refractivity contribution in [3.8, 4) is 5.75 Å². The minimum Gasteiger partial charge on any atom is -0.404 e. The number of nitrogen functional groups attached to an aromatic ring is 1. The number of anilines is 2. The normalized spacial score (nSPS) is 18.4. The van der Waals surface area contributed by atoms with Gasteiger partial charge in [0.1, 0.15) is 5.75 Å². The Labute approximate surface area is 319 Å². The molecule has 3 aromatic rings. The molecular weight excluding hydrogens is 683 g/mol. The molecule has 3 N–H and O–H groups in total. The van der Waals surface area contributed by atoms with Crippen molar-refractivity contribution in [2.24, 2.45) is 5.92 Å². The van der Waals surface area contributed by atoms with E-state index in [1.807, 2.05) is 24.5 Å². The van der Waals surface area contributed by atoms with Crippen LogP contribution in [-0.4, -0.2) is 38.8 Å². The topological polar surface area (TPSA) is 126 Å². The number of nitrogens with one attached hydrogen (secondary N) is 1. The molecule has 2 aliphatic carbocycles. The number of nitrogens with zero attached hydrogens (tertiary/aromatic N) is 4. The van der Waals surface area contributed by atoms with Crippen LogP contribution in [0.15, 0.2) is 36.7 Å². The first-order valence-electron chi connectivity index (χ1n) is 21.4. The molecule has 5 rings (SSSR count). The van der Waals surface area contributed by atoms with E-state index >= 15 is 0 Å². The Morgan fingerprint density at radius 1 is 0.755 bits per heavy atom. The Morgan fingerprint density at radius 2 is 1.34 bits per heavy atom. The van der Waals surface area contributed by atoms with Gasteiger partial charge in [0, 0.05) is 12.1 Å². The molecule has 0 aliphatic heterocycles. The van der Waals surface area contributed by atoms with Crippen LogP contribution < -0.4 is 15.6 Å². The summed E-state index contributed by atoms with van der Waals surface area (Å²) in [7, 11) is -3.79. The number of imidazole rings is 1. The molecule has 2 fully saturated rings. The summed E-state index contributed by atoms with van der Waals surface area (Å²) in [5.41, 5.74) is 7.59. The average Bonchev–Trinajstić information content (AvgIpc) is 3.67. The fourth-order valence-electron chi connectivity index (χ4n) is 7.61. The lowest BCUT2D eigenvalue weighted by atomic mass is 10.0. The van der Waals surface area contributed by atoms with Crippen molar-refractivity contribution in [1.29, 1.82) is 0 Å². The highest BCUT2D eigenvalue weighted by molar-refractivity contribution is 7.48. The molecular formula is C42H69N6O4P. The fourth-order valence-corrected chi connectivity index (χ4v) is 8.91. The van der Waals surface area contributed by atoms with Crippen LogP contribution in [0.1, 0.15) is 173 Å². The number of hydrogen-bond acceptors (Lipinski definition) is 9. The van der Waals surface area contributed by atoms with Gasteiger partial charge in [-0.1, -0.05) is 147 Å². The molecule has 296 valence electrons. The molecule has 0 radical (unpaired) electrons. The third kappa shape index (κ3) is 15.2. The number of hydrogen-bond donors (Lipinski definition) is 2. The molecule has 3 atom stereocenters. The monoisotopic (exact) mass is 753 g/mol. The van der Waals surface area contributed by atoms with Crippen LogP contribution in [0.5, 0.6) is 5.75 Å². The van der Waals surface area contributed by atoms with Gasteiger partial charge in [-0.2, -0.15) is 9.97 Å². The summed E-state index contributed by atoms with van der Waals surface area (Å²) in [6.07, 6.45) is 33.6. The molecule has 10 nitrogen and oxygen atoms in total. The second-order valence-electron chi connectivity index (χ2n) is 15.7. The van der Waals surface area contributed by atoms with E-state index in [4.69, 9.17) is 19.3 Å². The molecule has 0 spiro atoms. The number of rotatable bonds is 30. The SMILES string of the molecule is CCCCCCCCCCCCCCCCCCCCCCOP(=O)(OCC1CCC(n2cnc3c(NC4CC4)nc(N)nc32)C1)Oc1ccccc1. The van der Waals surface area contributed by atoms with Crippen LogP contribution in [0.25, 0.3) is 11.2 Å². The molecule has 2 aliphatic rings. The first kappa shape index (κ1) is 41.5. The smallest absolute Gasteiger partial charge is 0.404 e. The Hall–Kier alpha value is -2.68. The van der Waals surface area contributed by atoms with E-state index in [9.17, 15) is 4.57 Å². The van der Waals surface area contributed by atoms with Gasteiger partial charge in [0.2, 0.25) is 5.95 Å². The molecule has 0 saturated heterocycles. The van der Waals surface area contributed by atoms with Crippen LogP contribution in [0, 0.1) is 5.92 Å². The van der Waals surface area contributed by atoms with Gasteiger partial charge in [0.25, 0.3) is 0 Å². The van der Waals surface area contributed by atoms with E-state index in [2.05, 4.69) is 31.8 Å². The van der Waals surface area contributed by atoms with E-state index < -0.39 is 7.82 Å². The lowest BCUT2D eigenvalue weighted by molar-refractivity contribution is 0.134. The highest BCUT2D eigenvalue weighted by atomic mass is 31.2. The number of benzene rings is 1. The molecule has 11 heteroatoms. The van der Waals surface area contributed by atoms with Gasteiger partial charge in [0.05, 0.1) is 19.5 Å². The molecule has 1 aromatic carbocycles. The third-order valence-corrected chi connectivity index (χ3v) is 12.3. The Balaban J connectivity index is 0.931. The quantitative estimate of drug-likeness (QED) is 0.0505. The summed E-state index contributed by atoms with van der Waals surface area (Å²) in [5.74, 6) is 1.65. The summed E-state index contributed by atoms with van der Waals surface area (Å²) in [5, 5.41) is 3.44. The van der Waals surface area contributed by atoms with Gasteiger partial charge >= 0.3 is 7.82 Å². The van der Waals surface area contributed by atoms with Crippen molar-refractivity contribution in [3.63, 3.8) is 0 Å². The van der Waals surface area contributed by atoms with E-state index in [0.717, 1.165) is 56.1 Å². The van der Waals surface area contributed by atoms with E-state index in [-0.39, 0.29) is 17.9 Å². The number of phosphoric ester groups is 1. The second-order valence-corrected chi connectivity index (χ2v) is 17.3. The van der Waals surface area contributed by atoms with E-state index in [0.29, 0.717) is 30.8 Å². The van der Waals surface area contributed by atoms with Gasteiger partial charge in [-0.15, -0.1) is 0 Å². The van der Waals surface area contributed by atoms with Crippen LogP contribution in [0.3, 0.4) is 0 Å². The zero-order valence-electron chi connectivity index (χ0n) is 32.7. The van der Waals surface area contributed by atoms with Crippen molar-refractivity contribution < 1.29 is 18.1 Å². The summed E-state index contributed by atoms with van der Waals surface area (Å²) in [6.45, 7) is 2.95. The van der Waals surface area contributed by atoms with E-state index in [1.165, 1.54) is 116 Å². The van der Waals surface area contributed by atoms with Crippen molar-refractivity contribution in [3.05, 3.63) is 36.7 Å². The maximum absolute atomic E-state index is 13.9. The van der Waals surface area contributed by atoms with Crippen molar-refractivity contribution in [2.75, 3.05) is 24.3 Å². The molecule has 53 heavy (non-hydrogen) atoms. The molecule has 2 aromatic heterocycles. The van der Waals surface area contributed by atoms with Crippen LogP contribution in [0.2, 0.25) is 0 Å². The number of aromatic nitrogens is 4. The van der Waals surface area contributed by atoms with Gasteiger partial charge in [-0.05, 0) is 56.6 Å². The lowest BCUT2D eigenvalue weighted by Crippen LogP contribution is -2.12. The Morgan fingerprint density at radius 3 is 1.92 bits per heavy atom. The molecule has 0 bridgehead atoms. The molecule has 3 unspecified atom stereocenters. The highest BCUT2D eigenvalue weighted by Gasteiger charge is 2.34. The highest BCUT2D eigenvalue weighted by Crippen LogP contribution is 2.51. The lowest BCUT2D eigenvalue weighted by Gasteiger charge is -2.20. The van der Waals surface area contributed by atoms with Crippen molar-refractivity contribution >= 4 is 30.8 Å². The van der Waals surface area contributed by atoms with Crippen LogP contribution in [-0.2, 0) is 13.6 Å². The predicted octanol–water partition coefficient (Wildman–Crippen LogP) is 12.4. The summed E-state index contributed by atoms with van der Waals surface area (Å²) >= 11 is 0. The number of phosphoric acid groups is 1. The standard InChI is InChI=1S/C42H69N6O4P/c1-2-3-4-5-6-7-8-9-10-11-12-13-14-15-16-17-18-19-20-24-31-50-53(49,52-38-25-22-21-23-26-38)51-33-35-27-30-37(32-35)48-34-44-39-40(45-36-28-29-36)46-42(43)47-41(39)48/h21-23,25-26,34-37H,2-20,24,27-33H2,1H3,(H3,43,45,46,47). The van der Waals surface area contributed by atoms with Crippen LogP contribution in [0.4, 0.5) is 11.8 Å². The molecule has 0 amide bonds. The second kappa shape index (κ2) is 23.3. The van der Waals surface area contributed by atoms with Gasteiger partial charge < -0.3 is 20.1 Å². The number of para-hydroxylation sites is 1. The van der Waals surface area contributed by atoms with Crippen molar-refractivity contribution in [1.82, 2.24) is 19.5 Å². The maximum atomic E-state index is 13.9. The van der Waals surface area contributed by atoms with Gasteiger partial charge in [-0.25, -0.2) is 9.55 Å². The first-order valence-corrected chi connectivity index (χ1v) is 22.9. The number of nitrogens with two attached hydrogens (primary N) is 1. The van der Waals surface area contributed by atoms with E-state index in [1.54, 1.807) is 12.1 Å². The van der Waals surface area contributed by atoms with Crippen molar-refractivity contribution in [2.45, 2.75) is 180 Å². The molecule has 2 saturated carbocycles. The largest absolute Gasteiger partial charge is 0.530 e. The number of unbranched alkanes of at least 4 members (excludes halogenated alkanes) is 19. The minimum absolute atomic E-state index is 0.196. The Bertz CT molecular complexity index is 1490. The summed E-state index contributed by atoms with van der Waals surface area (Å²) in [4.78, 5) is 13.6. The number of fused-ring (bicyclic) bond motifs is 1. The summed E-state index contributed by atoms with van der Waals surface area (Å²) in [6, 6.07) is 9.83. The average molecular weight is 753 g/mol. The third-order valence-electron chi connectivity index (χ3n) is 10.9. The molecule has 2 heterocycles. The van der Waals surface area contributed by atoms with Gasteiger partial charge in [0.15, 0.2) is 17.0 Å². The fraction of sp³-hybridized carbons (Fsp3) is 0.738. The first-order chi connectivity index (χ1) is 26.0. The zero-order valence-corrected chi connectivity index (χ0v) is 33.6. The maximum Gasteiger partial charge on any atom is 0.530 e.